The highest BCUT2D eigenvalue weighted by Gasteiger charge is 2.18. The zero-order valence-electron chi connectivity index (χ0n) is 13.4. The second kappa shape index (κ2) is 6.82. The van der Waals surface area contributed by atoms with Crippen LogP contribution in [0.1, 0.15) is 29.6 Å². The van der Waals surface area contributed by atoms with Gasteiger partial charge in [0.1, 0.15) is 5.56 Å². The van der Waals surface area contributed by atoms with Gasteiger partial charge in [-0.15, -0.1) is 5.10 Å². The van der Waals surface area contributed by atoms with Gasteiger partial charge in [0.15, 0.2) is 0 Å². The molecule has 1 unspecified atom stereocenters. The minimum atomic E-state index is -0.275. The lowest BCUT2D eigenvalue weighted by molar-refractivity contribution is 0.00401. The summed E-state index contributed by atoms with van der Waals surface area (Å²) in [7, 11) is 3.23. The zero-order valence-corrected chi connectivity index (χ0v) is 13.4. The third-order valence-corrected chi connectivity index (χ3v) is 3.79. The summed E-state index contributed by atoms with van der Waals surface area (Å²) in [4.78, 5) is 12.3. The lowest BCUT2D eigenvalue weighted by Gasteiger charge is -2.22. The second-order valence-corrected chi connectivity index (χ2v) is 5.62. The Morgan fingerprint density at radius 2 is 2.35 bits per heavy atom. The number of rotatable bonds is 5. The van der Waals surface area contributed by atoms with Gasteiger partial charge in [-0.2, -0.15) is 5.10 Å². The van der Waals surface area contributed by atoms with Crippen LogP contribution in [0.5, 0.6) is 5.88 Å². The lowest BCUT2D eigenvalue weighted by atomic mass is 10.1. The Labute approximate surface area is 134 Å². The molecule has 8 heteroatoms. The first-order valence-electron chi connectivity index (χ1n) is 7.69. The van der Waals surface area contributed by atoms with Crippen LogP contribution in [0.4, 0.5) is 5.69 Å². The molecule has 124 valence electrons. The van der Waals surface area contributed by atoms with Crippen molar-refractivity contribution in [2.75, 3.05) is 19.0 Å². The topological polar surface area (TPSA) is 83.2 Å². The summed E-state index contributed by atoms with van der Waals surface area (Å²) in [5.74, 6) is 0.0245. The van der Waals surface area contributed by atoms with Crippen LogP contribution >= 0.6 is 0 Å². The molecule has 2 aromatic rings. The first-order chi connectivity index (χ1) is 11.2. The number of aromatic nitrogens is 4. The molecule has 1 aliphatic rings. The number of amides is 1. The number of methoxy groups -OCH3 is 1. The molecule has 1 atom stereocenters. The van der Waals surface area contributed by atoms with Crippen molar-refractivity contribution in [3.05, 3.63) is 24.2 Å². The Morgan fingerprint density at radius 1 is 1.48 bits per heavy atom. The van der Waals surface area contributed by atoms with E-state index >= 15 is 0 Å². The van der Waals surface area contributed by atoms with Crippen molar-refractivity contribution in [1.82, 2.24) is 19.6 Å². The van der Waals surface area contributed by atoms with Crippen molar-refractivity contribution < 1.29 is 14.3 Å². The van der Waals surface area contributed by atoms with Crippen LogP contribution in [0.25, 0.3) is 0 Å². The summed E-state index contributed by atoms with van der Waals surface area (Å²) in [5, 5.41) is 11.2. The van der Waals surface area contributed by atoms with Crippen LogP contribution in [0.15, 0.2) is 18.6 Å². The van der Waals surface area contributed by atoms with Crippen LogP contribution < -0.4 is 10.1 Å². The number of hydrogen-bond donors (Lipinski definition) is 1. The number of carbonyl (C=O) groups is 1. The average Bonchev–Trinajstić information content (AvgIpc) is 3.14. The molecule has 3 heterocycles. The maximum atomic E-state index is 12.3. The Bertz CT molecular complexity index is 672. The lowest BCUT2D eigenvalue weighted by Crippen LogP contribution is -2.24. The highest BCUT2D eigenvalue weighted by atomic mass is 16.5. The van der Waals surface area contributed by atoms with E-state index in [1.165, 1.54) is 18.2 Å². The van der Waals surface area contributed by atoms with Crippen LogP contribution in [0, 0.1) is 0 Å². The van der Waals surface area contributed by atoms with Crippen LogP contribution in [-0.4, -0.2) is 45.3 Å². The molecule has 3 rings (SSSR count). The second-order valence-electron chi connectivity index (χ2n) is 5.62. The highest BCUT2D eigenvalue weighted by molar-refractivity contribution is 6.05. The summed E-state index contributed by atoms with van der Waals surface area (Å²) in [6.07, 6.45) is 8.62. The SMILES string of the molecule is COc1nn(C)cc1C(=O)Nc1cnn(CC2CCCCO2)c1. The predicted molar refractivity (Wildman–Crippen MR) is 83.5 cm³/mol. The number of ether oxygens (including phenoxy) is 2. The molecule has 1 N–H and O–H groups in total. The number of aryl methyl sites for hydroxylation is 1. The monoisotopic (exact) mass is 319 g/mol. The molecule has 1 amide bonds. The minimum absolute atomic E-state index is 0.200. The molecule has 0 aliphatic carbocycles. The van der Waals surface area contributed by atoms with Crippen LogP contribution in [0.3, 0.4) is 0 Å². The fourth-order valence-electron chi connectivity index (χ4n) is 2.66. The predicted octanol–water partition coefficient (Wildman–Crippen LogP) is 1.45. The van der Waals surface area contributed by atoms with Gasteiger partial charge < -0.3 is 14.8 Å². The van der Waals surface area contributed by atoms with Gasteiger partial charge in [0.25, 0.3) is 5.91 Å². The number of nitrogens with one attached hydrogen (secondary N) is 1. The van der Waals surface area contributed by atoms with Crippen LogP contribution in [-0.2, 0) is 18.3 Å². The summed E-state index contributed by atoms with van der Waals surface area (Å²) in [6, 6.07) is 0. The van der Waals surface area contributed by atoms with Crippen molar-refractivity contribution in [2.24, 2.45) is 7.05 Å². The molecule has 1 aliphatic heterocycles. The number of hydrogen-bond acceptors (Lipinski definition) is 5. The Kier molecular flexibility index (Phi) is 4.61. The number of carbonyl (C=O) groups excluding carboxylic acids is 1. The van der Waals surface area contributed by atoms with Gasteiger partial charge in [0, 0.05) is 26.0 Å². The number of anilines is 1. The van der Waals surface area contributed by atoms with E-state index < -0.39 is 0 Å². The molecule has 0 radical (unpaired) electrons. The first-order valence-corrected chi connectivity index (χ1v) is 7.69. The van der Waals surface area contributed by atoms with Gasteiger partial charge in [-0.3, -0.25) is 14.2 Å². The molecule has 1 saturated heterocycles. The molecule has 8 nitrogen and oxygen atoms in total. The van der Waals surface area contributed by atoms with E-state index in [2.05, 4.69) is 15.5 Å². The first kappa shape index (κ1) is 15.5. The quantitative estimate of drug-likeness (QED) is 0.902. The number of nitrogens with zero attached hydrogens (tertiary/aromatic N) is 4. The normalized spacial score (nSPS) is 17.9. The van der Waals surface area contributed by atoms with E-state index in [0.29, 0.717) is 23.7 Å². The Hall–Kier alpha value is -2.35. The van der Waals surface area contributed by atoms with Gasteiger partial charge in [-0.25, -0.2) is 0 Å². The van der Waals surface area contributed by atoms with Crippen molar-refractivity contribution in [2.45, 2.75) is 31.9 Å². The van der Waals surface area contributed by atoms with Gasteiger partial charge in [-0.05, 0) is 19.3 Å². The maximum Gasteiger partial charge on any atom is 0.262 e. The molecule has 0 aromatic carbocycles. The molecule has 0 saturated carbocycles. The van der Waals surface area contributed by atoms with Crippen molar-refractivity contribution >= 4 is 11.6 Å². The smallest absolute Gasteiger partial charge is 0.262 e. The third kappa shape index (κ3) is 3.70. The average molecular weight is 319 g/mol. The van der Waals surface area contributed by atoms with E-state index in [0.717, 1.165) is 19.4 Å². The van der Waals surface area contributed by atoms with Gasteiger partial charge >= 0.3 is 0 Å². The highest BCUT2D eigenvalue weighted by Crippen LogP contribution is 2.18. The largest absolute Gasteiger partial charge is 0.479 e. The van der Waals surface area contributed by atoms with E-state index in [1.807, 2.05) is 0 Å². The molecule has 1 fully saturated rings. The molecule has 0 bridgehead atoms. The molecule has 2 aromatic heterocycles. The fraction of sp³-hybridized carbons (Fsp3) is 0.533. The molecule has 0 spiro atoms. The molecular formula is C15H21N5O3. The van der Waals surface area contributed by atoms with E-state index in [1.54, 1.807) is 30.3 Å². The molecule has 23 heavy (non-hydrogen) atoms. The third-order valence-electron chi connectivity index (χ3n) is 3.79. The summed E-state index contributed by atoms with van der Waals surface area (Å²) < 4.78 is 14.1. The zero-order chi connectivity index (χ0) is 16.2. The van der Waals surface area contributed by atoms with Crippen molar-refractivity contribution in [1.29, 1.82) is 0 Å². The Morgan fingerprint density at radius 3 is 3.09 bits per heavy atom. The van der Waals surface area contributed by atoms with E-state index in [-0.39, 0.29) is 12.0 Å². The maximum absolute atomic E-state index is 12.3. The standard InChI is InChI=1S/C15H21N5O3/c1-19-10-13(15(18-19)22-2)14(21)17-11-7-16-20(8-11)9-12-5-3-4-6-23-12/h7-8,10,12H,3-6,9H2,1-2H3,(H,17,21). The van der Waals surface area contributed by atoms with Crippen LogP contribution in [0.2, 0.25) is 0 Å². The summed E-state index contributed by atoms with van der Waals surface area (Å²) in [6.45, 7) is 1.52. The Balaban J connectivity index is 1.62. The van der Waals surface area contributed by atoms with Gasteiger partial charge in [0.05, 0.1) is 31.6 Å². The van der Waals surface area contributed by atoms with E-state index in [9.17, 15) is 4.79 Å². The van der Waals surface area contributed by atoms with Crippen molar-refractivity contribution in [3.63, 3.8) is 0 Å². The van der Waals surface area contributed by atoms with Gasteiger partial charge in [-0.1, -0.05) is 0 Å². The fourth-order valence-corrected chi connectivity index (χ4v) is 2.66. The summed E-state index contributed by atoms with van der Waals surface area (Å²) in [5.41, 5.74) is 1.02. The van der Waals surface area contributed by atoms with Gasteiger partial charge in [0.2, 0.25) is 5.88 Å². The molecular weight excluding hydrogens is 298 g/mol. The van der Waals surface area contributed by atoms with E-state index in [4.69, 9.17) is 9.47 Å². The summed E-state index contributed by atoms with van der Waals surface area (Å²) >= 11 is 0. The minimum Gasteiger partial charge on any atom is -0.479 e. The van der Waals surface area contributed by atoms with Crippen molar-refractivity contribution in [3.8, 4) is 5.88 Å².